The standard InChI is InChI=1S/C11H9ClN2O4S/c12-9-2-1-7(11(15)16)5-10(9)14-19(17,18)8-3-4-13-6-8/h1-6,13-14H,(H,15,16). The molecule has 8 heteroatoms. The number of anilines is 1. The average molecular weight is 301 g/mol. The molecule has 0 aliphatic carbocycles. The van der Waals surface area contributed by atoms with Crippen molar-refractivity contribution in [3.05, 3.63) is 47.2 Å². The molecular formula is C11H9ClN2O4S. The van der Waals surface area contributed by atoms with Crippen LogP contribution in [0, 0.1) is 0 Å². The van der Waals surface area contributed by atoms with Gasteiger partial charge in [0, 0.05) is 12.4 Å². The molecule has 1 heterocycles. The SMILES string of the molecule is O=C(O)c1ccc(Cl)c(NS(=O)(=O)c2cc[nH]c2)c1. The molecule has 100 valence electrons. The molecule has 1 aromatic heterocycles. The molecule has 2 aromatic rings. The Morgan fingerprint density at radius 3 is 2.63 bits per heavy atom. The van der Waals surface area contributed by atoms with Crippen LogP contribution >= 0.6 is 11.6 Å². The highest BCUT2D eigenvalue weighted by Gasteiger charge is 2.17. The lowest BCUT2D eigenvalue weighted by molar-refractivity contribution is 0.0697. The molecule has 0 fully saturated rings. The zero-order chi connectivity index (χ0) is 14.0. The molecule has 1 aromatic carbocycles. The Hall–Kier alpha value is -1.99. The van der Waals surface area contributed by atoms with E-state index in [0.717, 1.165) is 6.07 Å². The van der Waals surface area contributed by atoms with E-state index in [9.17, 15) is 13.2 Å². The van der Waals surface area contributed by atoms with Gasteiger partial charge in [-0.1, -0.05) is 11.6 Å². The number of carboxylic acid groups (broad SMARTS) is 1. The molecular weight excluding hydrogens is 292 g/mol. The van der Waals surface area contributed by atoms with Crippen LogP contribution in [0.1, 0.15) is 10.4 Å². The Morgan fingerprint density at radius 1 is 1.32 bits per heavy atom. The van der Waals surface area contributed by atoms with Crippen LogP contribution in [0.3, 0.4) is 0 Å². The fourth-order valence-electron chi connectivity index (χ4n) is 1.42. The number of aromatic amines is 1. The summed E-state index contributed by atoms with van der Waals surface area (Å²) in [7, 11) is -3.79. The van der Waals surface area contributed by atoms with Gasteiger partial charge in [-0.25, -0.2) is 13.2 Å². The highest BCUT2D eigenvalue weighted by atomic mass is 35.5. The van der Waals surface area contributed by atoms with Crippen LogP contribution in [0.15, 0.2) is 41.6 Å². The van der Waals surface area contributed by atoms with Crippen molar-refractivity contribution in [1.82, 2.24) is 4.98 Å². The minimum absolute atomic E-state index is 0.0165. The van der Waals surface area contributed by atoms with E-state index in [1.807, 2.05) is 0 Å². The van der Waals surface area contributed by atoms with Crippen LogP contribution in [0.4, 0.5) is 5.69 Å². The quantitative estimate of drug-likeness (QED) is 0.805. The predicted molar refractivity (Wildman–Crippen MR) is 70.0 cm³/mol. The van der Waals surface area contributed by atoms with Gasteiger partial charge in [0.2, 0.25) is 0 Å². The lowest BCUT2D eigenvalue weighted by atomic mass is 10.2. The van der Waals surface area contributed by atoms with E-state index < -0.39 is 16.0 Å². The number of sulfonamides is 1. The number of hydrogen-bond donors (Lipinski definition) is 3. The lowest BCUT2D eigenvalue weighted by Gasteiger charge is -2.09. The van der Waals surface area contributed by atoms with Crippen LogP contribution in [-0.2, 0) is 10.0 Å². The molecule has 0 saturated heterocycles. The molecule has 0 bridgehead atoms. The minimum Gasteiger partial charge on any atom is -0.478 e. The summed E-state index contributed by atoms with van der Waals surface area (Å²) in [6.07, 6.45) is 2.77. The van der Waals surface area contributed by atoms with Gasteiger partial charge in [0.15, 0.2) is 0 Å². The van der Waals surface area contributed by atoms with Crippen molar-refractivity contribution in [2.45, 2.75) is 4.90 Å². The summed E-state index contributed by atoms with van der Waals surface area (Å²) in [5, 5.41) is 8.97. The number of benzene rings is 1. The molecule has 0 radical (unpaired) electrons. The molecule has 0 spiro atoms. The van der Waals surface area contributed by atoms with Crippen molar-refractivity contribution in [2.75, 3.05) is 4.72 Å². The zero-order valence-corrected chi connectivity index (χ0v) is 11.0. The number of carbonyl (C=O) groups is 1. The molecule has 0 amide bonds. The van der Waals surface area contributed by atoms with Gasteiger partial charge >= 0.3 is 5.97 Å². The molecule has 0 saturated carbocycles. The number of hydrogen-bond acceptors (Lipinski definition) is 3. The van der Waals surface area contributed by atoms with E-state index in [1.54, 1.807) is 0 Å². The van der Waals surface area contributed by atoms with Crippen molar-refractivity contribution in [1.29, 1.82) is 0 Å². The summed E-state index contributed by atoms with van der Waals surface area (Å²) >= 11 is 5.84. The van der Waals surface area contributed by atoms with Gasteiger partial charge in [-0.05, 0) is 24.3 Å². The maximum absolute atomic E-state index is 12.0. The van der Waals surface area contributed by atoms with Crippen LogP contribution < -0.4 is 4.72 Å². The average Bonchev–Trinajstić information content (AvgIpc) is 2.85. The fourth-order valence-corrected chi connectivity index (χ4v) is 2.68. The number of aromatic carboxylic acids is 1. The van der Waals surface area contributed by atoms with Crippen LogP contribution in [0.25, 0.3) is 0 Å². The van der Waals surface area contributed by atoms with Gasteiger partial charge in [-0.3, -0.25) is 4.72 Å². The molecule has 6 nitrogen and oxygen atoms in total. The molecule has 19 heavy (non-hydrogen) atoms. The van der Waals surface area contributed by atoms with Gasteiger partial charge in [0.1, 0.15) is 4.90 Å². The Kier molecular flexibility index (Phi) is 3.50. The number of aromatic nitrogens is 1. The van der Waals surface area contributed by atoms with E-state index in [0.29, 0.717) is 0 Å². The third-order valence-corrected chi connectivity index (χ3v) is 4.03. The summed E-state index contributed by atoms with van der Waals surface area (Å²) in [5.74, 6) is -1.17. The predicted octanol–water partition coefficient (Wildman–Crippen LogP) is 2.17. The first-order valence-electron chi connectivity index (χ1n) is 5.08. The van der Waals surface area contributed by atoms with Crippen molar-refractivity contribution in [3.8, 4) is 0 Å². The Balaban J connectivity index is 2.39. The summed E-state index contributed by atoms with van der Waals surface area (Å²) in [6.45, 7) is 0. The number of rotatable bonds is 4. The largest absolute Gasteiger partial charge is 0.478 e. The molecule has 0 unspecified atom stereocenters. The highest BCUT2D eigenvalue weighted by molar-refractivity contribution is 7.92. The third-order valence-electron chi connectivity index (χ3n) is 2.34. The molecule has 0 aliphatic heterocycles. The van der Waals surface area contributed by atoms with E-state index >= 15 is 0 Å². The van der Waals surface area contributed by atoms with E-state index in [2.05, 4.69) is 9.71 Å². The second-order valence-electron chi connectivity index (χ2n) is 3.65. The lowest BCUT2D eigenvalue weighted by Crippen LogP contribution is -2.13. The first kappa shape index (κ1) is 13.4. The van der Waals surface area contributed by atoms with Crippen LogP contribution in [-0.4, -0.2) is 24.5 Å². The number of halogens is 1. The van der Waals surface area contributed by atoms with Gasteiger partial charge in [0.05, 0.1) is 16.3 Å². The van der Waals surface area contributed by atoms with Crippen molar-refractivity contribution in [2.24, 2.45) is 0 Å². The van der Waals surface area contributed by atoms with Gasteiger partial charge in [-0.15, -0.1) is 0 Å². The fraction of sp³-hybridized carbons (Fsp3) is 0. The molecule has 0 atom stereocenters. The van der Waals surface area contributed by atoms with Crippen molar-refractivity contribution >= 4 is 33.3 Å². The Bertz CT molecular complexity index is 710. The molecule has 3 N–H and O–H groups in total. The topological polar surface area (TPSA) is 99.3 Å². The normalized spacial score (nSPS) is 11.2. The maximum atomic E-state index is 12.0. The van der Waals surface area contributed by atoms with Gasteiger partial charge < -0.3 is 10.1 Å². The van der Waals surface area contributed by atoms with Crippen molar-refractivity contribution in [3.63, 3.8) is 0 Å². The van der Waals surface area contributed by atoms with Crippen molar-refractivity contribution < 1.29 is 18.3 Å². The Morgan fingerprint density at radius 2 is 2.05 bits per heavy atom. The third kappa shape index (κ3) is 2.88. The van der Waals surface area contributed by atoms with Crippen LogP contribution in [0.2, 0.25) is 5.02 Å². The van der Waals surface area contributed by atoms with E-state index in [-0.39, 0.29) is 21.2 Å². The van der Waals surface area contributed by atoms with Crippen LogP contribution in [0.5, 0.6) is 0 Å². The first-order chi connectivity index (χ1) is 8.90. The maximum Gasteiger partial charge on any atom is 0.335 e. The summed E-state index contributed by atoms with van der Waals surface area (Å²) in [6, 6.07) is 5.14. The number of carboxylic acids is 1. The smallest absolute Gasteiger partial charge is 0.335 e. The van der Waals surface area contributed by atoms with Gasteiger partial charge in [0.25, 0.3) is 10.0 Å². The summed E-state index contributed by atoms with van der Waals surface area (Å²) in [5.41, 5.74) is -0.0427. The second-order valence-corrected chi connectivity index (χ2v) is 5.74. The first-order valence-corrected chi connectivity index (χ1v) is 6.95. The minimum atomic E-state index is -3.79. The number of H-pyrrole nitrogens is 1. The monoisotopic (exact) mass is 300 g/mol. The van der Waals surface area contributed by atoms with Gasteiger partial charge in [-0.2, -0.15) is 0 Å². The zero-order valence-electron chi connectivity index (χ0n) is 9.42. The van der Waals surface area contributed by atoms with E-state index in [1.165, 1.54) is 30.6 Å². The highest BCUT2D eigenvalue weighted by Crippen LogP contribution is 2.25. The number of nitrogens with one attached hydrogen (secondary N) is 2. The second kappa shape index (κ2) is 4.94. The summed E-state index contributed by atoms with van der Waals surface area (Å²) in [4.78, 5) is 13.5. The summed E-state index contributed by atoms with van der Waals surface area (Å²) < 4.78 is 26.2. The molecule has 0 aliphatic rings. The molecule has 2 rings (SSSR count). The van der Waals surface area contributed by atoms with E-state index in [4.69, 9.17) is 16.7 Å². The Labute approximate surface area is 114 Å².